The summed E-state index contributed by atoms with van der Waals surface area (Å²) in [5.41, 5.74) is 1.91. The van der Waals surface area contributed by atoms with Crippen LogP contribution in [0.25, 0.3) is 0 Å². The second-order valence-electron chi connectivity index (χ2n) is 6.63. The first kappa shape index (κ1) is 19.2. The van der Waals surface area contributed by atoms with Crippen molar-refractivity contribution in [3.8, 4) is 0 Å². The van der Waals surface area contributed by atoms with Crippen molar-refractivity contribution in [3.63, 3.8) is 0 Å². The zero-order valence-corrected chi connectivity index (χ0v) is 14.4. The van der Waals surface area contributed by atoms with E-state index in [0.717, 1.165) is 11.1 Å². The van der Waals surface area contributed by atoms with Gasteiger partial charge in [0.1, 0.15) is 6.04 Å². The van der Waals surface area contributed by atoms with E-state index in [4.69, 9.17) is 4.74 Å². The Bertz CT molecular complexity index is 534. The number of aliphatic carboxylic acids is 1. The lowest BCUT2D eigenvalue weighted by molar-refractivity contribution is -0.142. The van der Waals surface area contributed by atoms with Crippen LogP contribution in [0.5, 0.6) is 0 Å². The van der Waals surface area contributed by atoms with Crippen molar-refractivity contribution in [1.29, 1.82) is 0 Å². The van der Waals surface area contributed by atoms with Crippen LogP contribution in [0.15, 0.2) is 24.3 Å². The molecule has 0 radical (unpaired) electrons. The van der Waals surface area contributed by atoms with E-state index in [1.54, 1.807) is 0 Å². The molecule has 0 fully saturated rings. The lowest BCUT2D eigenvalue weighted by Gasteiger charge is -2.21. The molecule has 0 aliphatic rings. The van der Waals surface area contributed by atoms with Crippen LogP contribution in [0, 0.1) is 6.92 Å². The van der Waals surface area contributed by atoms with Crippen LogP contribution in [-0.4, -0.2) is 35.2 Å². The molecule has 23 heavy (non-hydrogen) atoms. The molecule has 1 unspecified atom stereocenters. The minimum absolute atomic E-state index is 0.253. The number of carboxylic acid groups (broad SMARTS) is 1. The van der Waals surface area contributed by atoms with Crippen LogP contribution in [0.1, 0.15) is 44.7 Å². The van der Waals surface area contributed by atoms with Crippen molar-refractivity contribution in [2.45, 2.75) is 58.6 Å². The summed E-state index contributed by atoms with van der Waals surface area (Å²) in [6.45, 7) is 8.01. The number of rotatable bonds is 8. The quantitative estimate of drug-likeness (QED) is 0.772. The number of aryl methyl sites for hydroxylation is 2. The van der Waals surface area contributed by atoms with E-state index < -0.39 is 12.0 Å². The molecule has 0 saturated heterocycles. The standard InChI is InChI=1S/C18H27NO4/c1-13-7-5-6-8-14(13)9-10-16(20)19-15(17(21)22)11-12-23-18(2,3)4/h5-8,15H,9-12H2,1-4H3,(H,19,20)(H,21,22). The van der Waals surface area contributed by atoms with Gasteiger partial charge in [-0.25, -0.2) is 4.79 Å². The molecule has 5 heteroatoms. The highest BCUT2D eigenvalue weighted by molar-refractivity contribution is 5.83. The number of ether oxygens (including phenoxy) is 1. The maximum Gasteiger partial charge on any atom is 0.326 e. The van der Waals surface area contributed by atoms with E-state index in [0.29, 0.717) is 13.0 Å². The fraction of sp³-hybridized carbons (Fsp3) is 0.556. The summed E-state index contributed by atoms with van der Waals surface area (Å²) in [5.74, 6) is -1.29. The number of benzene rings is 1. The first-order valence-electron chi connectivity index (χ1n) is 7.89. The number of hydrogen-bond donors (Lipinski definition) is 2. The number of nitrogens with one attached hydrogen (secondary N) is 1. The highest BCUT2D eigenvalue weighted by atomic mass is 16.5. The van der Waals surface area contributed by atoms with Crippen molar-refractivity contribution >= 4 is 11.9 Å². The summed E-state index contributed by atoms with van der Waals surface area (Å²) < 4.78 is 5.52. The van der Waals surface area contributed by atoms with Gasteiger partial charge < -0.3 is 15.2 Å². The van der Waals surface area contributed by atoms with E-state index in [2.05, 4.69) is 5.32 Å². The minimum atomic E-state index is -1.04. The lowest BCUT2D eigenvalue weighted by Crippen LogP contribution is -2.42. The zero-order chi connectivity index (χ0) is 17.5. The van der Waals surface area contributed by atoms with Gasteiger partial charge in [0.2, 0.25) is 5.91 Å². The maximum atomic E-state index is 12.0. The van der Waals surface area contributed by atoms with E-state index >= 15 is 0 Å². The van der Waals surface area contributed by atoms with Crippen molar-refractivity contribution in [2.24, 2.45) is 0 Å². The van der Waals surface area contributed by atoms with Gasteiger partial charge in [-0.1, -0.05) is 24.3 Å². The molecule has 0 saturated carbocycles. The molecule has 1 aromatic rings. The average molecular weight is 321 g/mol. The Morgan fingerprint density at radius 1 is 1.26 bits per heavy atom. The second kappa shape index (κ2) is 8.67. The molecule has 0 spiro atoms. The molecule has 0 aliphatic carbocycles. The Hall–Kier alpha value is -1.88. The summed E-state index contributed by atoms with van der Waals surface area (Å²) in [5, 5.41) is 11.8. The SMILES string of the molecule is Cc1ccccc1CCC(=O)NC(CCOC(C)(C)C)C(=O)O. The minimum Gasteiger partial charge on any atom is -0.480 e. The maximum absolute atomic E-state index is 12.0. The van der Waals surface area contributed by atoms with Gasteiger partial charge in [0, 0.05) is 19.4 Å². The van der Waals surface area contributed by atoms with Crippen molar-refractivity contribution < 1.29 is 19.4 Å². The largest absolute Gasteiger partial charge is 0.480 e. The van der Waals surface area contributed by atoms with Crippen molar-refractivity contribution in [3.05, 3.63) is 35.4 Å². The van der Waals surface area contributed by atoms with Crippen LogP contribution in [0.2, 0.25) is 0 Å². The van der Waals surface area contributed by atoms with Gasteiger partial charge in [-0.2, -0.15) is 0 Å². The molecule has 1 rings (SSSR count). The predicted octanol–water partition coefficient (Wildman–Crippen LogP) is 2.70. The predicted molar refractivity (Wildman–Crippen MR) is 89.4 cm³/mol. The average Bonchev–Trinajstić information content (AvgIpc) is 2.44. The highest BCUT2D eigenvalue weighted by Gasteiger charge is 2.21. The molecule has 0 aromatic heterocycles. The highest BCUT2D eigenvalue weighted by Crippen LogP contribution is 2.10. The molecular weight excluding hydrogens is 294 g/mol. The first-order chi connectivity index (χ1) is 10.7. The lowest BCUT2D eigenvalue weighted by atomic mass is 10.0. The Morgan fingerprint density at radius 2 is 1.91 bits per heavy atom. The molecular formula is C18H27NO4. The molecule has 0 bridgehead atoms. The smallest absolute Gasteiger partial charge is 0.326 e. The van der Waals surface area contributed by atoms with Crippen molar-refractivity contribution in [1.82, 2.24) is 5.32 Å². The Kier molecular flexibility index (Phi) is 7.23. The number of carboxylic acids is 1. The summed E-state index contributed by atoms with van der Waals surface area (Å²) in [4.78, 5) is 23.2. The van der Waals surface area contributed by atoms with Gasteiger partial charge >= 0.3 is 5.97 Å². The van der Waals surface area contributed by atoms with Crippen LogP contribution in [0.3, 0.4) is 0 Å². The molecule has 0 heterocycles. The monoisotopic (exact) mass is 321 g/mol. The van der Waals surface area contributed by atoms with Gasteiger partial charge in [0.15, 0.2) is 0 Å². The van der Waals surface area contributed by atoms with Crippen LogP contribution >= 0.6 is 0 Å². The molecule has 1 aromatic carbocycles. The summed E-state index contributed by atoms with van der Waals surface area (Å²) in [6, 6.07) is 6.95. The van der Waals surface area contributed by atoms with Crippen LogP contribution in [-0.2, 0) is 20.7 Å². The summed E-state index contributed by atoms with van der Waals surface area (Å²) in [6.07, 6.45) is 1.13. The normalized spacial score (nSPS) is 12.7. The molecule has 1 amide bonds. The zero-order valence-electron chi connectivity index (χ0n) is 14.4. The number of carbonyl (C=O) groups is 2. The summed E-state index contributed by atoms with van der Waals surface area (Å²) >= 11 is 0. The third-order valence-electron chi connectivity index (χ3n) is 3.46. The van der Waals surface area contributed by atoms with E-state index in [9.17, 15) is 14.7 Å². The van der Waals surface area contributed by atoms with Crippen LogP contribution in [0.4, 0.5) is 0 Å². The van der Waals surface area contributed by atoms with E-state index in [-0.39, 0.29) is 24.3 Å². The molecule has 5 nitrogen and oxygen atoms in total. The van der Waals surface area contributed by atoms with E-state index in [1.165, 1.54) is 0 Å². The van der Waals surface area contributed by atoms with Crippen molar-refractivity contribution in [2.75, 3.05) is 6.61 Å². The third kappa shape index (κ3) is 7.79. The summed E-state index contributed by atoms with van der Waals surface area (Å²) in [7, 11) is 0. The first-order valence-corrected chi connectivity index (χ1v) is 7.89. The van der Waals surface area contributed by atoms with Gasteiger partial charge in [-0.3, -0.25) is 4.79 Å². The Morgan fingerprint density at radius 3 is 2.48 bits per heavy atom. The molecule has 128 valence electrons. The fourth-order valence-electron chi connectivity index (χ4n) is 2.15. The van der Waals surface area contributed by atoms with Gasteiger partial charge in [0.25, 0.3) is 0 Å². The van der Waals surface area contributed by atoms with E-state index in [1.807, 2.05) is 52.0 Å². The molecule has 0 aliphatic heterocycles. The Balaban J connectivity index is 2.45. The second-order valence-corrected chi connectivity index (χ2v) is 6.63. The number of carbonyl (C=O) groups excluding carboxylic acids is 1. The number of amides is 1. The molecule has 2 N–H and O–H groups in total. The van der Waals surface area contributed by atoms with Crippen LogP contribution < -0.4 is 5.32 Å². The topological polar surface area (TPSA) is 75.6 Å². The third-order valence-corrected chi connectivity index (χ3v) is 3.46. The van der Waals surface area contributed by atoms with Gasteiger partial charge in [-0.05, 0) is 45.2 Å². The van der Waals surface area contributed by atoms with Gasteiger partial charge in [0.05, 0.1) is 5.60 Å². The molecule has 1 atom stereocenters. The number of hydrogen-bond acceptors (Lipinski definition) is 3. The van der Waals surface area contributed by atoms with Gasteiger partial charge in [-0.15, -0.1) is 0 Å². The fourth-order valence-corrected chi connectivity index (χ4v) is 2.15. The Labute approximate surface area is 138 Å².